The zero-order valence-electron chi connectivity index (χ0n) is 6.39. The molecule has 0 aromatic carbocycles. The van der Waals surface area contributed by atoms with Crippen molar-refractivity contribution in [3.8, 4) is 0 Å². The molecule has 1 rings (SSSR count). The summed E-state index contributed by atoms with van der Waals surface area (Å²) >= 11 is 0. The van der Waals surface area contributed by atoms with Crippen molar-refractivity contribution in [3.63, 3.8) is 0 Å². The molecule has 0 fully saturated rings. The molecule has 0 radical (unpaired) electrons. The molecule has 0 aromatic rings. The van der Waals surface area contributed by atoms with Gasteiger partial charge in [-0.15, -0.1) is 0 Å². The van der Waals surface area contributed by atoms with Crippen molar-refractivity contribution in [3.05, 3.63) is 35.7 Å². The van der Waals surface area contributed by atoms with Crippen LogP contribution >= 0.6 is 0 Å². The van der Waals surface area contributed by atoms with Crippen molar-refractivity contribution >= 4 is 0 Å². The van der Waals surface area contributed by atoms with Crippen molar-refractivity contribution in [1.82, 2.24) is 0 Å². The molecule has 0 bridgehead atoms. The molecule has 0 spiro atoms. The standard InChI is InChI=1S/C9H12FN/c10-9-3-1-2-8(4-5-9)6-7-11/h1,3-5H,2,6-7,11H2. The zero-order chi connectivity index (χ0) is 8.10. The maximum Gasteiger partial charge on any atom is 0.122 e. The van der Waals surface area contributed by atoms with Crippen LogP contribution in [0.2, 0.25) is 0 Å². The third-order valence-corrected chi connectivity index (χ3v) is 1.60. The Morgan fingerprint density at radius 1 is 1.45 bits per heavy atom. The first-order chi connectivity index (χ1) is 5.33. The van der Waals surface area contributed by atoms with Crippen LogP contribution in [-0.4, -0.2) is 6.54 Å². The van der Waals surface area contributed by atoms with Gasteiger partial charge in [-0.3, -0.25) is 0 Å². The van der Waals surface area contributed by atoms with E-state index < -0.39 is 0 Å². The van der Waals surface area contributed by atoms with Crippen molar-refractivity contribution < 1.29 is 4.39 Å². The SMILES string of the molecule is NCCC1=CC=C(F)C=CC1. The molecule has 0 saturated heterocycles. The predicted molar refractivity (Wildman–Crippen MR) is 44.7 cm³/mol. The van der Waals surface area contributed by atoms with Crippen molar-refractivity contribution in [2.45, 2.75) is 12.8 Å². The van der Waals surface area contributed by atoms with Gasteiger partial charge in [0.1, 0.15) is 5.83 Å². The third kappa shape index (κ3) is 2.68. The molecular weight excluding hydrogens is 141 g/mol. The summed E-state index contributed by atoms with van der Waals surface area (Å²) in [5.74, 6) is -0.183. The molecule has 0 aliphatic heterocycles. The van der Waals surface area contributed by atoms with Crippen molar-refractivity contribution in [2.75, 3.05) is 6.54 Å². The number of rotatable bonds is 2. The normalized spacial score (nSPS) is 17.3. The molecule has 0 amide bonds. The number of nitrogens with two attached hydrogens (primary N) is 1. The monoisotopic (exact) mass is 153 g/mol. The summed E-state index contributed by atoms with van der Waals surface area (Å²) in [6, 6.07) is 0. The van der Waals surface area contributed by atoms with E-state index in [-0.39, 0.29) is 5.83 Å². The lowest BCUT2D eigenvalue weighted by molar-refractivity contribution is 0.667. The summed E-state index contributed by atoms with van der Waals surface area (Å²) in [6.45, 7) is 0.634. The van der Waals surface area contributed by atoms with E-state index in [2.05, 4.69) is 0 Å². The Balaban J connectivity index is 2.62. The van der Waals surface area contributed by atoms with E-state index in [9.17, 15) is 4.39 Å². The largest absolute Gasteiger partial charge is 0.330 e. The van der Waals surface area contributed by atoms with Gasteiger partial charge in [0.25, 0.3) is 0 Å². The Labute approximate surface area is 66.1 Å². The predicted octanol–water partition coefficient (Wildman–Crippen LogP) is 2.07. The van der Waals surface area contributed by atoms with E-state index >= 15 is 0 Å². The first-order valence-electron chi connectivity index (χ1n) is 3.75. The topological polar surface area (TPSA) is 26.0 Å². The van der Waals surface area contributed by atoms with Crippen LogP contribution in [0.15, 0.2) is 35.7 Å². The van der Waals surface area contributed by atoms with Gasteiger partial charge >= 0.3 is 0 Å². The molecular formula is C9H12FN. The highest BCUT2D eigenvalue weighted by Crippen LogP contribution is 2.13. The average molecular weight is 153 g/mol. The second-order valence-corrected chi connectivity index (χ2v) is 2.52. The molecule has 0 saturated carbocycles. The van der Waals surface area contributed by atoms with Gasteiger partial charge in [-0.1, -0.05) is 17.7 Å². The Kier molecular flexibility index (Phi) is 3.05. The minimum absolute atomic E-state index is 0.183. The summed E-state index contributed by atoms with van der Waals surface area (Å²) in [6.07, 6.45) is 8.27. The molecule has 2 heteroatoms. The Hall–Kier alpha value is -0.890. The second kappa shape index (κ2) is 4.09. The molecule has 1 aliphatic rings. The van der Waals surface area contributed by atoms with E-state index in [1.165, 1.54) is 17.7 Å². The molecule has 1 nitrogen and oxygen atoms in total. The smallest absolute Gasteiger partial charge is 0.122 e. The minimum Gasteiger partial charge on any atom is -0.330 e. The van der Waals surface area contributed by atoms with Gasteiger partial charge in [-0.25, -0.2) is 4.39 Å². The quantitative estimate of drug-likeness (QED) is 0.645. The van der Waals surface area contributed by atoms with Crippen LogP contribution in [0.4, 0.5) is 4.39 Å². The van der Waals surface area contributed by atoms with Crippen LogP contribution in [0.25, 0.3) is 0 Å². The lowest BCUT2D eigenvalue weighted by Gasteiger charge is -1.98. The lowest BCUT2D eigenvalue weighted by Crippen LogP contribution is -1.99. The van der Waals surface area contributed by atoms with Crippen LogP contribution in [0, 0.1) is 0 Å². The Morgan fingerprint density at radius 3 is 3.00 bits per heavy atom. The Bertz CT molecular complexity index is 214. The zero-order valence-corrected chi connectivity index (χ0v) is 6.39. The lowest BCUT2D eigenvalue weighted by atomic mass is 10.1. The van der Waals surface area contributed by atoms with E-state index in [1.807, 2.05) is 12.2 Å². The van der Waals surface area contributed by atoms with E-state index in [4.69, 9.17) is 5.73 Å². The number of hydrogen-bond donors (Lipinski definition) is 1. The van der Waals surface area contributed by atoms with Crippen LogP contribution in [0.1, 0.15) is 12.8 Å². The highest BCUT2D eigenvalue weighted by molar-refractivity contribution is 5.26. The maximum atomic E-state index is 12.6. The highest BCUT2D eigenvalue weighted by Gasteiger charge is 1.96. The van der Waals surface area contributed by atoms with Crippen LogP contribution in [0.5, 0.6) is 0 Å². The van der Waals surface area contributed by atoms with Crippen molar-refractivity contribution in [1.29, 1.82) is 0 Å². The Morgan fingerprint density at radius 2 is 2.27 bits per heavy atom. The van der Waals surface area contributed by atoms with Crippen LogP contribution < -0.4 is 5.73 Å². The first kappa shape index (κ1) is 8.21. The fourth-order valence-electron chi connectivity index (χ4n) is 1.01. The fraction of sp³-hybridized carbons (Fsp3) is 0.333. The summed E-state index contributed by atoms with van der Waals surface area (Å²) in [5.41, 5.74) is 6.56. The highest BCUT2D eigenvalue weighted by atomic mass is 19.1. The number of allylic oxidation sites excluding steroid dienone is 5. The van der Waals surface area contributed by atoms with Gasteiger partial charge in [-0.05, 0) is 31.5 Å². The second-order valence-electron chi connectivity index (χ2n) is 2.52. The number of hydrogen-bond acceptors (Lipinski definition) is 1. The maximum absolute atomic E-state index is 12.6. The molecule has 1 aliphatic carbocycles. The summed E-state index contributed by atoms with van der Waals surface area (Å²) in [7, 11) is 0. The molecule has 2 N–H and O–H groups in total. The molecule has 0 unspecified atom stereocenters. The van der Waals surface area contributed by atoms with Crippen LogP contribution in [0.3, 0.4) is 0 Å². The minimum atomic E-state index is -0.183. The number of halogens is 1. The molecule has 11 heavy (non-hydrogen) atoms. The van der Waals surface area contributed by atoms with Gasteiger partial charge < -0.3 is 5.73 Å². The molecule has 60 valence electrons. The molecule has 0 atom stereocenters. The van der Waals surface area contributed by atoms with Gasteiger partial charge in [0.05, 0.1) is 0 Å². The van der Waals surface area contributed by atoms with E-state index in [1.54, 1.807) is 0 Å². The van der Waals surface area contributed by atoms with Gasteiger partial charge in [0, 0.05) is 0 Å². The fourth-order valence-corrected chi connectivity index (χ4v) is 1.01. The van der Waals surface area contributed by atoms with Crippen molar-refractivity contribution in [2.24, 2.45) is 5.73 Å². The third-order valence-electron chi connectivity index (χ3n) is 1.60. The average Bonchev–Trinajstić information content (AvgIpc) is 2.17. The van der Waals surface area contributed by atoms with E-state index in [0.717, 1.165) is 12.8 Å². The van der Waals surface area contributed by atoms with Gasteiger partial charge in [0.15, 0.2) is 0 Å². The van der Waals surface area contributed by atoms with Gasteiger partial charge in [-0.2, -0.15) is 0 Å². The summed E-state index contributed by atoms with van der Waals surface area (Å²) < 4.78 is 12.6. The van der Waals surface area contributed by atoms with Gasteiger partial charge in [0.2, 0.25) is 0 Å². The molecule has 0 aromatic heterocycles. The van der Waals surface area contributed by atoms with Crippen LogP contribution in [-0.2, 0) is 0 Å². The molecule has 0 heterocycles. The summed E-state index contributed by atoms with van der Waals surface area (Å²) in [5, 5.41) is 0. The first-order valence-corrected chi connectivity index (χ1v) is 3.75. The van der Waals surface area contributed by atoms with E-state index in [0.29, 0.717) is 6.54 Å². The summed E-state index contributed by atoms with van der Waals surface area (Å²) in [4.78, 5) is 0.